The Balaban J connectivity index is 2.01. The van der Waals surface area contributed by atoms with Crippen molar-refractivity contribution in [3.63, 3.8) is 0 Å². The molecule has 2 aromatic heterocycles. The summed E-state index contributed by atoms with van der Waals surface area (Å²) < 4.78 is 6.76. The van der Waals surface area contributed by atoms with Gasteiger partial charge in [0.05, 0.1) is 11.9 Å². The second-order valence-corrected chi connectivity index (χ2v) is 4.32. The Hall–Kier alpha value is -2.11. The SMILES string of the molecule is OC(c1ccc(Cl)o1)c1cnnn1-c1ccccc1. The number of aliphatic hydroxyl groups excluding tert-OH is 1. The van der Waals surface area contributed by atoms with Gasteiger partial charge in [-0.05, 0) is 35.9 Å². The van der Waals surface area contributed by atoms with Crippen LogP contribution in [0.15, 0.2) is 53.1 Å². The highest BCUT2D eigenvalue weighted by Crippen LogP contribution is 2.26. The van der Waals surface area contributed by atoms with Gasteiger partial charge in [0.2, 0.25) is 0 Å². The lowest BCUT2D eigenvalue weighted by Gasteiger charge is -2.10. The number of halogens is 1. The van der Waals surface area contributed by atoms with Gasteiger partial charge in [-0.1, -0.05) is 23.4 Å². The molecule has 0 aliphatic carbocycles. The van der Waals surface area contributed by atoms with E-state index in [2.05, 4.69) is 10.3 Å². The van der Waals surface area contributed by atoms with Gasteiger partial charge in [-0.15, -0.1) is 5.10 Å². The maximum absolute atomic E-state index is 10.3. The minimum Gasteiger partial charge on any atom is -0.447 e. The molecule has 0 amide bonds. The van der Waals surface area contributed by atoms with Gasteiger partial charge in [0.25, 0.3) is 0 Å². The highest BCUT2D eigenvalue weighted by Gasteiger charge is 2.20. The van der Waals surface area contributed by atoms with Crippen LogP contribution >= 0.6 is 11.6 Å². The Labute approximate surface area is 114 Å². The zero-order chi connectivity index (χ0) is 13.2. The van der Waals surface area contributed by atoms with Crippen molar-refractivity contribution in [1.29, 1.82) is 0 Å². The summed E-state index contributed by atoms with van der Waals surface area (Å²) in [5.41, 5.74) is 1.32. The van der Waals surface area contributed by atoms with E-state index in [9.17, 15) is 5.11 Å². The molecule has 1 N–H and O–H groups in total. The Morgan fingerprint density at radius 1 is 1.16 bits per heavy atom. The summed E-state index contributed by atoms with van der Waals surface area (Å²) in [6, 6.07) is 12.6. The number of aliphatic hydroxyl groups is 1. The van der Waals surface area contributed by atoms with Crippen LogP contribution < -0.4 is 0 Å². The first-order valence-electron chi connectivity index (χ1n) is 5.65. The molecular formula is C13H10ClN3O2. The molecule has 0 fully saturated rings. The van der Waals surface area contributed by atoms with E-state index < -0.39 is 6.10 Å². The van der Waals surface area contributed by atoms with Crippen LogP contribution in [0.25, 0.3) is 5.69 Å². The minimum atomic E-state index is -0.970. The summed E-state index contributed by atoms with van der Waals surface area (Å²) >= 11 is 5.71. The van der Waals surface area contributed by atoms with Gasteiger partial charge in [0, 0.05) is 0 Å². The van der Waals surface area contributed by atoms with Crippen LogP contribution in [0, 0.1) is 0 Å². The fourth-order valence-corrected chi connectivity index (χ4v) is 1.97. The van der Waals surface area contributed by atoms with Crippen molar-refractivity contribution in [2.45, 2.75) is 6.10 Å². The largest absolute Gasteiger partial charge is 0.447 e. The van der Waals surface area contributed by atoms with Gasteiger partial charge >= 0.3 is 0 Å². The number of nitrogens with zero attached hydrogens (tertiary/aromatic N) is 3. The third-order valence-electron chi connectivity index (χ3n) is 2.72. The number of rotatable bonds is 3. The van der Waals surface area contributed by atoms with E-state index in [-0.39, 0.29) is 5.22 Å². The van der Waals surface area contributed by atoms with Gasteiger partial charge in [-0.2, -0.15) is 0 Å². The number of hydrogen-bond donors (Lipinski definition) is 1. The molecule has 0 aliphatic heterocycles. The molecule has 96 valence electrons. The monoisotopic (exact) mass is 275 g/mol. The average Bonchev–Trinajstić information content (AvgIpc) is 3.07. The van der Waals surface area contributed by atoms with Gasteiger partial charge in [-0.3, -0.25) is 0 Å². The van der Waals surface area contributed by atoms with E-state index in [0.717, 1.165) is 5.69 Å². The van der Waals surface area contributed by atoms with Crippen molar-refractivity contribution < 1.29 is 9.52 Å². The topological polar surface area (TPSA) is 64.1 Å². The number of aromatic nitrogens is 3. The first-order valence-corrected chi connectivity index (χ1v) is 6.03. The van der Waals surface area contributed by atoms with Crippen molar-refractivity contribution in [3.05, 3.63) is 65.3 Å². The first-order chi connectivity index (χ1) is 9.25. The van der Waals surface area contributed by atoms with Crippen LogP contribution in [0.5, 0.6) is 0 Å². The van der Waals surface area contributed by atoms with Crippen LogP contribution in [-0.4, -0.2) is 20.1 Å². The Bertz CT molecular complexity index is 678. The molecule has 0 saturated heterocycles. The van der Waals surface area contributed by atoms with Crippen molar-refractivity contribution >= 4 is 11.6 Å². The molecule has 5 nitrogen and oxygen atoms in total. The predicted octanol–water partition coefficient (Wildman–Crippen LogP) is 2.60. The fraction of sp³-hybridized carbons (Fsp3) is 0.0769. The highest BCUT2D eigenvalue weighted by molar-refractivity contribution is 6.28. The van der Waals surface area contributed by atoms with Crippen LogP contribution in [0.2, 0.25) is 5.22 Å². The predicted molar refractivity (Wildman–Crippen MR) is 69.1 cm³/mol. The van der Waals surface area contributed by atoms with Gasteiger partial charge < -0.3 is 9.52 Å². The summed E-state index contributed by atoms with van der Waals surface area (Å²) in [5.74, 6) is 0.351. The number of para-hydroxylation sites is 1. The molecule has 2 heterocycles. The summed E-state index contributed by atoms with van der Waals surface area (Å²) in [5, 5.41) is 18.3. The van der Waals surface area contributed by atoms with Crippen molar-refractivity contribution in [2.75, 3.05) is 0 Å². The minimum absolute atomic E-state index is 0.229. The molecule has 0 radical (unpaired) electrons. The quantitative estimate of drug-likeness (QED) is 0.798. The summed E-state index contributed by atoms with van der Waals surface area (Å²) in [6.45, 7) is 0. The summed E-state index contributed by atoms with van der Waals surface area (Å²) in [4.78, 5) is 0. The second-order valence-electron chi connectivity index (χ2n) is 3.95. The Morgan fingerprint density at radius 2 is 1.95 bits per heavy atom. The molecule has 3 aromatic rings. The molecule has 6 heteroatoms. The standard InChI is InChI=1S/C13H10ClN3O2/c14-12-7-6-11(19-12)13(18)10-8-15-16-17(10)9-4-2-1-3-5-9/h1-8,13,18H. The molecule has 0 bridgehead atoms. The van der Waals surface area contributed by atoms with Crippen LogP contribution in [0.4, 0.5) is 0 Å². The third-order valence-corrected chi connectivity index (χ3v) is 2.92. The molecule has 3 rings (SSSR count). The normalized spacial score (nSPS) is 12.5. The van der Waals surface area contributed by atoms with Gasteiger partial charge in [0.1, 0.15) is 11.5 Å². The number of benzene rings is 1. The summed E-state index contributed by atoms with van der Waals surface area (Å²) in [6.07, 6.45) is 0.524. The molecule has 1 unspecified atom stereocenters. The van der Waals surface area contributed by atoms with Crippen molar-refractivity contribution in [1.82, 2.24) is 15.0 Å². The summed E-state index contributed by atoms with van der Waals surface area (Å²) in [7, 11) is 0. The van der Waals surface area contributed by atoms with E-state index in [1.807, 2.05) is 30.3 Å². The van der Waals surface area contributed by atoms with Crippen molar-refractivity contribution in [3.8, 4) is 5.69 Å². The van der Waals surface area contributed by atoms with Crippen LogP contribution in [0.1, 0.15) is 17.6 Å². The zero-order valence-corrected chi connectivity index (χ0v) is 10.5. The van der Waals surface area contributed by atoms with Gasteiger partial charge in [0.15, 0.2) is 11.3 Å². The lowest BCUT2D eigenvalue weighted by Crippen LogP contribution is -2.07. The highest BCUT2D eigenvalue weighted by atomic mass is 35.5. The fourth-order valence-electron chi connectivity index (χ4n) is 1.82. The van der Waals surface area contributed by atoms with Crippen LogP contribution in [0.3, 0.4) is 0 Å². The Morgan fingerprint density at radius 3 is 2.63 bits per heavy atom. The smallest absolute Gasteiger partial charge is 0.193 e. The van der Waals surface area contributed by atoms with Crippen LogP contribution in [-0.2, 0) is 0 Å². The Kier molecular flexibility index (Phi) is 3.06. The number of furan rings is 1. The molecule has 0 saturated carbocycles. The maximum atomic E-state index is 10.3. The van der Waals surface area contributed by atoms with E-state index in [1.165, 1.54) is 6.20 Å². The number of hydrogen-bond acceptors (Lipinski definition) is 4. The first kappa shape index (κ1) is 12.0. The molecule has 1 atom stereocenters. The van der Waals surface area contributed by atoms with Gasteiger partial charge in [-0.25, -0.2) is 4.68 Å². The van der Waals surface area contributed by atoms with E-state index in [4.69, 9.17) is 16.0 Å². The molecule has 1 aromatic carbocycles. The maximum Gasteiger partial charge on any atom is 0.193 e. The van der Waals surface area contributed by atoms with E-state index >= 15 is 0 Å². The lowest BCUT2D eigenvalue weighted by atomic mass is 10.2. The lowest BCUT2D eigenvalue weighted by molar-refractivity contribution is 0.182. The molecular weight excluding hydrogens is 266 g/mol. The third kappa shape index (κ3) is 2.25. The molecule has 0 aliphatic rings. The van der Waals surface area contributed by atoms with E-state index in [1.54, 1.807) is 16.8 Å². The van der Waals surface area contributed by atoms with E-state index in [0.29, 0.717) is 11.5 Å². The molecule has 19 heavy (non-hydrogen) atoms. The second kappa shape index (κ2) is 4.87. The zero-order valence-electron chi connectivity index (χ0n) is 9.77. The average molecular weight is 276 g/mol. The van der Waals surface area contributed by atoms with Crippen molar-refractivity contribution in [2.24, 2.45) is 0 Å². The molecule has 0 spiro atoms.